The smallest absolute Gasteiger partial charge is 0.160 e. The fourth-order valence-electron chi connectivity index (χ4n) is 1.31. The van der Waals surface area contributed by atoms with E-state index >= 15 is 0 Å². The molecule has 0 saturated heterocycles. The van der Waals surface area contributed by atoms with Gasteiger partial charge in [-0.25, -0.2) is 0 Å². The van der Waals surface area contributed by atoms with Crippen LogP contribution in [0.3, 0.4) is 0 Å². The van der Waals surface area contributed by atoms with Crippen LogP contribution in [0.25, 0.3) is 10.6 Å². The minimum absolute atomic E-state index is 0.665. The van der Waals surface area contributed by atoms with E-state index in [9.17, 15) is 4.79 Å². The lowest BCUT2D eigenvalue weighted by Gasteiger charge is -1.99. The summed E-state index contributed by atoms with van der Waals surface area (Å²) in [4.78, 5) is 16.6. The zero-order chi connectivity index (χ0) is 10.8. The number of halogens is 1. The fourth-order valence-corrected chi connectivity index (χ4v) is 2.35. The van der Waals surface area contributed by atoms with Crippen molar-refractivity contribution in [3.8, 4) is 10.6 Å². The standard InChI is InChI=1S/C11H8ClNOS/c1-7-4-8(12)5-10(13-7)11-3-2-9(6-14)15-11/h2-6H,1H3. The van der Waals surface area contributed by atoms with Crippen LogP contribution < -0.4 is 0 Å². The first-order valence-electron chi connectivity index (χ1n) is 4.38. The molecule has 0 N–H and O–H groups in total. The lowest BCUT2D eigenvalue weighted by Crippen LogP contribution is -1.84. The van der Waals surface area contributed by atoms with Gasteiger partial charge in [-0.2, -0.15) is 0 Å². The van der Waals surface area contributed by atoms with E-state index < -0.39 is 0 Å². The van der Waals surface area contributed by atoms with Crippen molar-refractivity contribution in [1.29, 1.82) is 0 Å². The molecule has 0 radical (unpaired) electrons. The van der Waals surface area contributed by atoms with Crippen molar-refractivity contribution in [3.63, 3.8) is 0 Å². The molecule has 4 heteroatoms. The Kier molecular flexibility index (Phi) is 2.84. The molecule has 0 atom stereocenters. The molecule has 0 saturated carbocycles. The summed E-state index contributed by atoms with van der Waals surface area (Å²) in [6.07, 6.45) is 0.839. The molecule has 2 aromatic heterocycles. The van der Waals surface area contributed by atoms with E-state index in [4.69, 9.17) is 11.6 Å². The van der Waals surface area contributed by atoms with Gasteiger partial charge >= 0.3 is 0 Å². The second kappa shape index (κ2) is 4.13. The molecule has 0 aliphatic carbocycles. The summed E-state index contributed by atoms with van der Waals surface area (Å²) < 4.78 is 0. The number of aldehydes is 1. The van der Waals surface area contributed by atoms with Crippen LogP contribution in [-0.2, 0) is 0 Å². The van der Waals surface area contributed by atoms with Gasteiger partial charge in [-0.1, -0.05) is 11.6 Å². The maximum absolute atomic E-state index is 10.5. The van der Waals surface area contributed by atoms with Crippen molar-refractivity contribution in [2.45, 2.75) is 6.92 Å². The van der Waals surface area contributed by atoms with Crippen molar-refractivity contribution in [1.82, 2.24) is 4.98 Å². The van der Waals surface area contributed by atoms with E-state index in [1.807, 2.05) is 13.0 Å². The number of hydrogen-bond acceptors (Lipinski definition) is 3. The molecule has 2 aromatic rings. The first-order valence-corrected chi connectivity index (χ1v) is 5.58. The number of nitrogens with zero attached hydrogens (tertiary/aromatic N) is 1. The third-order valence-corrected chi connectivity index (χ3v) is 3.16. The number of pyridine rings is 1. The number of rotatable bonds is 2. The number of carbonyl (C=O) groups excluding carboxylic acids is 1. The third-order valence-electron chi connectivity index (χ3n) is 1.91. The minimum Gasteiger partial charge on any atom is -0.297 e. The van der Waals surface area contributed by atoms with Crippen LogP contribution >= 0.6 is 22.9 Å². The molecule has 0 aliphatic rings. The Morgan fingerprint density at radius 2 is 2.20 bits per heavy atom. The highest BCUT2D eigenvalue weighted by Crippen LogP contribution is 2.27. The summed E-state index contributed by atoms with van der Waals surface area (Å²) in [5, 5.41) is 0.665. The lowest BCUT2D eigenvalue weighted by atomic mass is 10.3. The molecule has 0 fully saturated rings. The molecule has 2 heterocycles. The van der Waals surface area contributed by atoms with Gasteiger partial charge in [0.1, 0.15) is 0 Å². The van der Waals surface area contributed by atoms with Crippen LogP contribution in [0.1, 0.15) is 15.4 Å². The van der Waals surface area contributed by atoms with Crippen molar-refractivity contribution < 1.29 is 4.79 Å². The molecule has 0 bridgehead atoms. The zero-order valence-corrected chi connectivity index (χ0v) is 9.60. The van der Waals surface area contributed by atoms with E-state index in [0.29, 0.717) is 9.90 Å². The predicted octanol–water partition coefficient (Wildman–Crippen LogP) is 3.58. The average molecular weight is 238 g/mol. The predicted molar refractivity (Wildman–Crippen MR) is 62.7 cm³/mol. The highest BCUT2D eigenvalue weighted by Gasteiger charge is 2.05. The van der Waals surface area contributed by atoms with Crippen molar-refractivity contribution in [3.05, 3.63) is 39.9 Å². The number of aromatic nitrogens is 1. The molecule has 15 heavy (non-hydrogen) atoms. The molecule has 0 unspecified atom stereocenters. The van der Waals surface area contributed by atoms with Crippen LogP contribution in [0.15, 0.2) is 24.3 Å². The van der Waals surface area contributed by atoms with Crippen LogP contribution in [0.4, 0.5) is 0 Å². The maximum Gasteiger partial charge on any atom is 0.160 e. The monoisotopic (exact) mass is 237 g/mol. The normalized spacial score (nSPS) is 10.3. The molecule has 2 rings (SSSR count). The van der Waals surface area contributed by atoms with E-state index in [1.54, 1.807) is 18.2 Å². The largest absolute Gasteiger partial charge is 0.297 e. The Labute approximate surface area is 96.5 Å². The Hall–Kier alpha value is -1.19. The zero-order valence-electron chi connectivity index (χ0n) is 8.03. The first kappa shape index (κ1) is 10.3. The van der Waals surface area contributed by atoms with E-state index in [-0.39, 0.29) is 0 Å². The second-order valence-corrected chi connectivity index (χ2v) is 4.68. The van der Waals surface area contributed by atoms with Gasteiger partial charge in [0.25, 0.3) is 0 Å². The van der Waals surface area contributed by atoms with Gasteiger partial charge in [-0.15, -0.1) is 11.3 Å². The summed E-state index contributed by atoms with van der Waals surface area (Å²) in [5.74, 6) is 0. The maximum atomic E-state index is 10.5. The van der Waals surface area contributed by atoms with Gasteiger partial charge in [-0.05, 0) is 31.2 Å². The van der Waals surface area contributed by atoms with Gasteiger partial charge in [0.2, 0.25) is 0 Å². The van der Waals surface area contributed by atoms with Crippen LogP contribution in [-0.4, -0.2) is 11.3 Å². The highest BCUT2D eigenvalue weighted by atomic mass is 35.5. The van der Waals surface area contributed by atoms with Crippen molar-refractivity contribution >= 4 is 29.2 Å². The summed E-state index contributed by atoms with van der Waals surface area (Å²) in [6, 6.07) is 7.27. The molecule has 0 aromatic carbocycles. The topological polar surface area (TPSA) is 30.0 Å². The summed E-state index contributed by atoms with van der Waals surface area (Å²) >= 11 is 7.35. The summed E-state index contributed by atoms with van der Waals surface area (Å²) in [6.45, 7) is 1.89. The van der Waals surface area contributed by atoms with E-state index in [1.165, 1.54) is 11.3 Å². The Balaban J connectivity index is 2.48. The number of carbonyl (C=O) groups is 1. The summed E-state index contributed by atoms with van der Waals surface area (Å²) in [7, 11) is 0. The van der Waals surface area contributed by atoms with Gasteiger partial charge < -0.3 is 0 Å². The average Bonchev–Trinajstić information content (AvgIpc) is 2.64. The van der Waals surface area contributed by atoms with Gasteiger partial charge in [0.15, 0.2) is 6.29 Å². The molecule has 76 valence electrons. The van der Waals surface area contributed by atoms with E-state index in [2.05, 4.69) is 4.98 Å². The van der Waals surface area contributed by atoms with Crippen LogP contribution in [0.2, 0.25) is 5.02 Å². The molecule has 2 nitrogen and oxygen atoms in total. The molecular weight excluding hydrogens is 230 g/mol. The van der Waals surface area contributed by atoms with Gasteiger partial charge in [0, 0.05) is 10.7 Å². The third kappa shape index (κ3) is 2.25. The quantitative estimate of drug-likeness (QED) is 0.748. The molecule has 0 aliphatic heterocycles. The number of hydrogen-bond donors (Lipinski definition) is 0. The lowest BCUT2D eigenvalue weighted by molar-refractivity contribution is 0.112. The number of aryl methyl sites for hydroxylation is 1. The second-order valence-electron chi connectivity index (χ2n) is 3.13. The highest BCUT2D eigenvalue weighted by molar-refractivity contribution is 7.17. The summed E-state index contributed by atoms with van der Waals surface area (Å²) in [5.41, 5.74) is 1.69. The van der Waals surface area contributed by atoms with Crippen molar-refractivity contribution in [2.24, 2.45) is 0 Å². The van der Waals surface area contributed by atoms with E-state index in [0.717, 1.165) is 22.6 Å². The Morgan fingerprint density at radius 3 is 2.80 bits per heavy atom. The molecular formula is C11H8ClNOS. The van der Waals surface area contributed by atoms with Crippen LogP contribution in [0.5, 0.6) is 0 Å². The molecule has 0 spiro atoms. The Morgan fingerprint density at radius 1 is 1.40 bits per heavy atom. The fraction of sp³-hybridized carbons (Fsp3) is 0.0909. The SMILES string of the molecule is Cc1cc(Cl)cc(-c2ccc(C=O)s2)n1. The van der Waals surface area contributed by atoms with Crippen LogP contribution in [0, 0.1) is 6.92 Å². The minimum atomic E-state index is 0.665. The number of thiophene rings is 1. The van der Waals surface area contributed by atoms with Gasteiger partial charge in [-0.3, -0.25) is 9.78 Å². The Bertz CT molecular complexity index is 487. The first-order chi connectivity index (χ1) is 7.19. The van der Waals surface area contributed by atoms with Gasteiger partial charge in [0.05, 0.1) is 15.4 Å². The molecule has 0 amide bonds. The van der Waals surface area contributed by atoms with Crippen molar-refractivity contribution in [2.75, 3.05) is 0 Å².